The van der Waals surface area contributed by atoms with E-state index in [1.807, 2.05) is 0 Å². The molecule has 0 nitrogen and oxygen atoms in total. The average Bonchev–Trinajstić information content (AvgIpc) is 3.86. The predicted octanol–water partition coefficient (Wildman–Crippen LogP) is 14.5. The molecule has 51 heavy (non-hydrogen) atoms. The molecule has 3 heteroatoms. The Kier molecular flexibility index (Phi) is 19.5. The first-order valence-corrected chi connectivity index (χ1v) is 17.6. The Balaban J connectivity index is 0.000000406. The van der Waals surface area contributed by atoms with Gasteiger partial charge in [-0.25, -0.2) is 0 Å². The molecular formula is C48H50SiZr2. The van der Waals surface area contributed by atoms with Gasteiger partial charge in [-0.15, -0.1) is 69.1 Å². The second-order valence-corrected chi connectivity index (χ2v) is 13.7. The molecule has 0 atom stereocenters. The van der Waals surface area contributed by atoms with Gasteiger partial charge in [0.15, 0.2) is 0 Å². The van der Waals surface area contributed by atoms with Crippen LogP contribution in [0.25, 0.3) is 65.3 Å². The van der Waals surface area contributed by atoms with Crippen LogP contribution in [0.1, 0.15) is 24.0 Å². The zero-order valence-electron chi connectivity index (χ0n) is 31.2. The Morgan fingerprint density at radius 3 is 1.12 bits per heavy atom. The number of fused-ring (bicyclic) bond motifs is 4. The number of hydrogen-bond donors (Lipinski definition) is 0. The zero-order valence-corrected chi connectivity index (χ0v) is 37.1. The van der Waals surface area contributed by atoms with Gasteiger partial charge in [0, 0.05) is 9.52 Å². The van der Waals surface area contributed by atoms with Gasteiger partial charge in [0.05, 0.1) is 0 Å². The fraction of sp³-hybridized carbons (Fsp3) is 0.125. The summed E-state index contributed by atoms with van der Waals surface area (Å²) < 4.78 is 0. The SMILES string of the molecule is C1CC[Si]C1.Cc1cc2c(-c3cccc4ccccc34)cccc2[cH-]1.Cc1cc2c(-c3cccc4ccccc34)cccc2[cH-]1.[CH3-].[CH3-].[CH3-].[CH3-].[Zr+3].[Zr+3]. The maximum absolute atomic E-state index is 2.28. The topological polar surface area (TPSA) is 0 Å². The largest absolute Gasteiger partial charge is 3.00 e. The fourth-order valence-corrected chi connectivity index (χ4v) is 8.03. The van der Waals surface area contributed by atoms with Crippen molar-refractivity contribution in [3.63, 3.8) is 0 Å². The Bertz CT molecular complexity index is 2060. The standard InChI is InChI=1S/2C20H15.C4H8Si.4CH3.2Zr/c2*1-14-12-16-8-5-11-19(20(16)13-14)18-10-4-7-15-6-2-3-9-17(15)18;1-2-4-5-3-1;;;;;;/h2*2-13H,1H3;1-4H2;4*1H3;;/q2*-1;;4*-1;2*+3. The van der Waals surface area contributed by atoms with E-state index in [0.717, 1.165) is 0 Å². The molecule has 0 saturated carbocycles. The van der Waals surface area contributed by atoms with E-state index in [0.29, 0.717) is 0 Å². The van der Waals surface area contributed by atoms with Gasteiger partial charge in [0.25, 0.3) is 0 Å². The van der Waals surface area contributed by atoms with Gasteiger partial charge in [-0.2, -0.15) is 12.1 Å². The molecule has 0 aliphatic carbocycles. The van der Waals surface area contributed by atoms with Crippen LogP contribution < -0.4 is 0 Å². The number of rotatable bonds is 2. The van der Waals surface area contributed by atoms with Crippen LogP contribution in [0.4, 0.5) is 0 Å². The van der Waals surface area contributed by atoms with Crippen LogP contribution >= 0.6 is 0 Å². The van der Waals surface area contributed by atoms with Gasteiger partial charge in [-0.05, 0) is 32.7 Å². The Morgan fingerprint density at radius 2 is 0.745 bits per heavy atom. The van der Waals surface area contributed by atoms with Crippen LogP contribution in [-0.2, 0) is 52.4 Å². The Hall–Kier alpha value is -2.96. The molecular weight excluding hydrogens is 787 g/mol. The molecule has 1 heterocycles. The summed E-state index contributed by atoms with van der Waals surface area (Å²) in [5.74, 6) is 0. The van der Waals surface area contributed by atoms with E-state index in [1.54, 1.807) is 0 Å². The van der Waals surface area contributed by atoms with Crippen molar-refractivity contribution in [1.29, 1.82) is 0 Å². The molecule has 1 saturated heterocycles. The molecule has 0 N–H and O–H groups in total. The quantitative estimate of drug-likeness (QED) is 0.120. The van der Waals surface area contributed by atoms with E-state index < -0.39 is 0 Å². The normalized spacial score (nSPS) is 11.2. The second-order valence-electron chi connectivity index (χ2n) is 12.2. The summed E-state index contributed by atoms with van der Waals surface area (Å²) in [6, 6.07) is 55.5. The first kappa shape index (κ1) is 46.1. The third-order valence-electron chi connectivity index (χ3n) is 8.91. The van der Waals surface area contributed by atoms with Crippen molar-refractivity contribution < 1.29 is 52.4 Å². The van der Waals surface area contributed by atoms with Crippen molar-refractivity contribution in [2.24, 2.45) is 0 Å². The van der Waals surface area contributed by atoms with Gasteiger partial charge in [-0.1, -0.05) is 147 Å². The van der Waals surface area contributed by atoms with Gasteiger partial charge < -0.3 is 29.7 Å². The molecule has 4 radical (unpaired) electrons. The monoisotopic (exact) mass is 834 g/mol. The van der Waals surface area contributed by atoms with Crippen molar-refractivity contribution in [3.05, 3.63) is 186 Å². The molecule has 1 fully saturated rings. The number of hydrogen-bond acceptors (Lipinski definition) is 0. The predicted molar refractivity (Wildman–Crippen MR) is 225 cm³/mol. The molecule has 1 aliphatic heterocycles. The molecule has 8 aromatic rings. The molecule has 8 aromatic carbocycles. The summed E-state index contributed by atoms with van der Waals surface area (Å²) >= 11 is 0. The van der Waals surface area contributed by atoms with E-state index in [9.17, 15) is 0 Å². The van der Waals surface area contributed by atoms with Crippen molar-refractivity contribution in [3.8, 4) is 22.3 Å². The van der Waals surface area contributed by atoms with Crippen molar-refractivity contribution in [1.82, 2.24) is 0 Å². The molecule has 254 valence electrons. The molecule has 1 aliphatic rings. The van der Waals surface area contributed by atoms with Crippen LogP contribution in [0.15, 0.2) is 146 Å². The summed E-state index contributed by atoms with van der Waals surface area (Å²) in [6.07, 6.45) is 3.02. The maximum atomic E-state index is 2.28. The van der Waals surface area contributed by atoms with Crippen LogP contribution in [0.3, 0.4) is 0 Å². The van der Waals surface area contributed by atoms with Crippen LogP contribution in [0.2, 0.25) is 12.1 Å². The molecule has 0 aromatic heterocycles. The number of aryl methyl sites for hydroxylation is 2. The summed E-state index contributed by atoms with van der Waals surface area (Å²) in [5.41, 5.74) is 7.94. The molecule has 0 spiro atoms. The minimum absolute atomic E-state index is 0. The van der Waals surface area contributed by atoms with Gasteiger partial charge in [0.2, 0.25) is 0 Å². The smallest absolute Gasteiger partial charge is 0.358 e. The first-order chi connectivity index (χ1) is 22.2. The van der Waals surface area contributed by atoms with Crippen LogP contribution in [-0.4, -0.2) is 9.52 Å². The molecule has 0 amide bonds. The van der Waals surface area contributed by atoms with E-state index in [-0.39, 0.29) is 82.1 Å². The third-order valence-corrected chi connectivity index (χ3v) is 10.3. The minimum Gasteiger partial charge on any atom is -0.358 e. The molecule has 0 unspecified atom stereocenters. The summed E-state index contributed by atoms with van der Waals surface area (Å²) in [7, 11) is 1.31. The Morgan fingerprint density at radius 1 is 0.412 bits per heavy atom. The van der Waals surface area contributed by atoms with Crippen LogP contribution in [0.5, 0.6) is 0 Å². The molecule has 9 rings (SSSR count). The Labute approximate surface area is 349 Å². The van der Waals surface area contributed by atoms with E-state index in [4.69, 9.17) is 0 Å². The zero-order chi connectivity index (χ0) is 30.6. The van der Waals surface area contributed by atoms with Crippen molar-refractivity contribution in [2.45, 2.75) is 38.8 Å². The van der Waals surface area contributed by atoms with Gasteiger partial charge in [0.1, 0.15) is 0 Å². The summed E-state index contributed by atoms with van der Waals surface area (Å²) in [6.45, 7) is 4.32. The maximum Gasteiger partial charge on any atom is 3.00 e. The van der Waals surface area contributed by atoms with Gasteiger partial charge in [-0.3, -0.25) is 0 Å². The van der Waals surface area contributed by atoms with Crippen molar-refractivity contribution in [2.75, 3.05) is 0 Å². The van der Waals surface area contributed by atoms with Gasteiger partial charge >= 0.3 is 52.4 Å². The average molecular weight is 837 g/mol. The number of benzene rings is 6. The van der Waals surface area contributed by atoms with E-state index in [1.165, 1.54) is 111 Å². The summed E-state index contributed by atoms with van der Waals surface area (Å²) in [4.78, 5) is 0. The fourth-order valence-electron chi connectivity index (χ4n) is 6.78. The van der Waals surface area contributed by atoms with E-state index in [2.05, 4.69) is 159 Å². The van der Waals surface area contributed by atoms with Crippen molar-refractivity contribution >= 4 is 52.6 Å². The van der Waals surface area contributed by atoms with Crippen LogP contribution in [0, 0.1) is 43.6 Å². The summed E-state index contributed by atoms with van der Waals surface area (Å²) in [5, 5.41) is 10.6. The third kappa shape index (κ3) is 10.3. The molecule has 0 bridgehead atoms. The minimum atomic E-state index is 0. The van der Waals surface area contributed by atoms with E-state index >= 15 is 0 Å². The first-order valence-electron chi connectivity index (χ1n) is 16.1. The second kappa shape index (κ2) is 21.5.